The molecule has 1 N–H and O–H groups in total. The van der Waals surface area contributed by atoms with Gasteiger partial charge in [-0.05, 0) is 13.8 Å². The lowest BCUT2D eigenvalue weighted by Crippen LogP contribution is -2.28. The van der Waals surface area contributed by atoms with Gasteiger partial charge in [-0.1, -0.05) is 0 Å². The molecule has 1 rings (SSSR count). The normalized spacial score (nSPS) is 10.5. The molecule has 0 saturated carbocycles. The van der Waals surface area contributed by atoms with Gasteiger partial charge in [0.15, 0.2) is 0 Å². The first-order valence-electron chi connectivity index (χ1n) is 5.06. The lowest BCUT2D eigenvalue weighted by molar-refractivity contribution is -0.384. The van der Waals surface area contributed by atoms with E-state index in [9.17, 15) is 10.1 Å². The topological polar surface area (TPSA) is 84.4 Å². The molecular weight excluding hydrogens is 212 g/mol. The smallest absolute Gasteiger partial charge is 0.333 e. The van der Waals surface area contributed by atoms with Crippen molar-refractivity contribution in [1.29, 1.82) is 0 Å². The summed E-state index contributed by atoms with van der Waals surface area (Å²) in [4.78, 5) is 12.2. The molecule has 7 heteroatoms. The molecule has 0 amide bonds. The van der Waals surface area contributed by atoms with E-state index < -0.39 is 4.92 Å². The first-order valence-corrected chi connectivity index (χ1v) is 5.06. The number of aryl methyl sites for hydroxylation is 2. The Morgan fingerprint density at radius 1 is 1.62 bits per heavy atom. The Hall–Kier alpha value is -1.63. The van der Waals surface area contributed by atoms with E-state index in [1.807, 2.05) is 6.92 Å². The van der Waals surface area contributed by atoms with Crippen LogP contribution in [0.5, 0.6) is 0 Å². The molecule has 0 aliphatic rings. The molecule has 90 valence electrons. The Morgan fingerprint density at radius 2 is 2.25 bits per heavy atom. The highest BCUT2D eigenvalue weighted by atomic mass is 16.6. The summed E-state index contributed by atoms with van der Waals surface area (Å²) < 4.78 is 1.48. The Balaban J connectivity index is 3.24. The SMILES string of the molecule is CCN(CCO)c1c([N+](=O)[O-])c(C)nn1C. The number of nitrogens with zero attached hydrogens (tertiary/aromatic N) is 4. The number of likely N-dealkylation sites (N-methyl/N-ethyl adjacent to an activating group) is 1. The van der Waals surface area contributed by atoms with Crippen molar-refractivity contribution in [3.8, 4) is 0 Å². The number of nitro groups is 1. The number of rotatable bonds is 5. The summed E-state index contributed by atoms with van der Waals surface area (Å²) in [5, 5.41) is 23.9. The number of hydrogen-bond donors (Lipinski definition) is 1. The van der Waals surface area contributed by atoms with Crippen molar-refractivity contribution in [1.82, 2.24) is 9.78 Å². The van der Waals surface area contributed by atoms with Crippen molar-refractivity contribution in [2.75, 3.05) is 24.6 Å². The maximum Gasteiger partial charge on any atom is 0.333 e. The monoisotopic (exact) mass is 228 g/mol. The zero-order valence-corrected chi connectivity index (χ0v) is 9.67. The summed E-state index contributed by atoms with van der Waals surface area (Å²) in [6.45, 7) is 4.38. The average Bonchev–Trinajstić information content (AvgIpc) is 2.50. The number of aromatic nitrogens is 2. The van der Waals surface area contributed by atoms with E-state index in [0.29, 0.717) is 24.6 Å². The summed E-state index contributed by atoms with van der Waals surface area (Å²) in [6, 6.07) is 0. The summed E-state index contributed by atoms with van der Waals surface area (Å²) in [5.41, 5.74) is 0.400. The lowest BCUT2D eigenvalue weighted by Gasteiger charge is -2.20. The molecule has 0 unspecified atom stereocenters. The van der Waals surface area contributed by atoms with E-state index in [1.165, 1.54) is 4.68 Å². The quantitative estimate of drug-likeness (QED) is 0.584. The second-order valence-electron chi connectivity index (χ2n) is 3.44. The predicted octanol–water partition coefficient (Wildman–Crippen LogP) is 0.455. The van der Waals surface area contributed by atoms with Crippen LogP contribution in [0.2, 0.25) is 0 Å². The standard InChI is InChI=1S/C9H16N4O3/c1-4-12(5-6-14)9-8(13(15)16)7(2)10-11(9)3/h14H,4-6H2,1-3H3. The Bertz CT molecular complexity index is 388. The van der Waals surface area contributed by atoms with Crippen LogP contribution in [-0.2, 0) is 7.05 Å². The van der Waals surface area contributed by atoms with Crippen molar-refractivity contribution in [2.45, 2.75) is 13.8 Å². The van der Waals surface area contributed by atoms with E-state index in [2.05, 4.69) is 5.10 Å². The van der Waals surface area contributed by atoms with Gasteiger partial charge in [0.25, 0.3) is 0 Å². The molecule has 0 aliphatic heterocycles. The molecule has 7 nitrogen and oxygen atoms in total. The summed E-state index contributed by atoms with van der Waals surface area (Å²) >= 11 is 0. The van der Waals surface area contributed by atoms with Gasteiger partial charge in [-0.2, -0.15) is 5.10 Å². The Labute approximate surface area is 93.4 Å². The zero-order chi connectivity index (χ0) is 12.3. The van der Waals surface area contributed by atoms with Gasteiger partial charge in [-0.15, -0.1) is 0 Å². The van der Waals surface area contributed by atoms with Crippen LogP contribution in [0, 0.1) is 17.0 Å². The maximum absolute atomic E-state index is 10.9. The van der Waals surface area contributed by atoms with Gasteiger partial charge in [-0.25, -0.2) is 4.68 Å². The molecule has 0 bridgehead atoms. The van der Waals surface area contributed by atoms with Crippen molar-refractivity contribution >= 4 is 11.5 Å². The van der Waals surface area contributed by atoms with Crippen molar-refractivity contribution in [3.63, 3.8) is 0 Å². The van der Waals surface area contributed by atoms with E-state index >= 15 is 0 Å². The predicted molar refractivity (Wildman–Crippen MR) is 59.6 cm³/mol. The Kier molecular flexibility index (Phi) is 3.83. The number of hydrogen-bond acceptors (Lipinski definition) is 5. The van der Waals surface area contributed by atoms with Crippen LogP contribution in [0.4, 0.5) is 11.5 Å². The van der Waals surface area contributed by atoms with E-state index in [0.717, 1.165) is 0 Å². The van der Waals surface area contributed by atoms with Crippen LogP contribution in [0.25, 0.3) is 0 Å². The van der Waals surface area contributed by atoms with Crippen molar-refractivity contribution in [2.24, 2.45) is 7.05 Å². The minimum Gasteiger partial charge on any atom is -0.395 e. The Morgan fingerprint density at radius 3 is 2.69 bits per heavy atom. The van der Waals surface area contributed by atoms with Gasteiger partial charge in [0.05, 0.1) is 11.5 Å². The van der Waals surface area contributed by atoms with Crippen LogP contribution in [0.15, 0.2) is 0 Å². The minimum atomic E-state index is -0.433. The van der Waals surface area contributed by atoms with Crippen LogP contribution in [-0.4, -0.2) is 39.5 Å². The molecule has 1 heterocycles. The molecule has 0 aromatic carbocycles. The molecule has 1 aromatic rings. The highest BCUT2D eigenvalue weighted by Gasteiger charge is 2.27. The third-order valence-electron chi connectivity index (χ3n) is 2.39. The van der Waals surface area contributed by atoms with E-state index in [1.54, 1.807) is 18.9 Å². The summed E-state index contributed by atoms with van der Waals surface area (Å²) in [6.07, 6.45) is 0. The minimum absolute atomic E-state index is 0.0119. The fourth-order valence-electron chi connectivity index (χ4n) is 1.74. The lowest BCUT2D eigenvalue weighted by atomic mass is 10.3. The maximum atomic E-state index is 10.9. The molecule has 0 saturated heterocycles. The third kappa shape index (κ3) is 2.13. The highest BCUT2D eigenvalue weighted by Crippen LogP contribution is 2.30. The second-order valence-corrected chi connectivity index (χ2v) is 3.44. The van der Waals surface area contributed by atoms with E-state index in [4.69, 9.17) is 5.11 Å². The van der Waals surface area contributed by atoms with Gasteiger partial charge in [-0.3, -0.25) is 10.1 Å². The third-order valence-corrected chi connectivity index (χ3v) is 2.39. The molecular formula is C9H16N4O3. The molecule has 0 aliphatic carbocycles. The van der Waals surface area contributed by atoms with Crippen molar-refractivity contribution < 1.29 is 10.0 Å². The van der Waals surface area contributed by atoms with Crippen LogP contribution in [0.1, 0.15) is 12.6 Å². The summed E-state index contributed by atoms with van der Waals surface area (Å²) in [5.74, 6) is 0.444. The average molecular weight is 228 g/mol. The second kappa shape index (κ2) is 4.93. The van der Waals surface area contributed by atoms with Crippen LogP contribution in [0.3, 0.4) is 0 Å². The molecule has 0 atom stereocenters. The summed E-state index contributed by atoms with van der Waals surface area (Å²) in [7, 11) is 1.66. The molecule has 1 aromatic heterocycles. The van der Waals surface area contributed by atoms with Gasteiger partial charge < -0.3 is 10.0 Å². The fourth-order valence-corrected chi connectivity index (χ4v) is 1.74. The van der Waals surface area contributed by atoms with E-state index in [-0.39, 0.29) is 12.3 Å². The molecule has 16 heavy (non-hydrogen) atoms. The zero-order valence-electron chi connectivity index (χ0n) is 9.67. The van der Waals surface area contributed by atoms with Gasteiger partial charge in [0, 0.05) is 20.1 Å². The number of aliphatic hydroxyl groups is 1. The molecule has 0 radical (unpaired) electrons. The fraction of sp³-hybridized carbons (Fsp3) is 0.667. The van der Waals surface area contributed by atoms with Crippen LogP contribution >= 0.6 is 0 Å². The van der Waals surface area contributed by atoms with Gasteiger partial charge in [0.2, 0.25) is 5.82 Å². The van der Waals surface area contributed by atoms with Crippen LogP contribution < -0.4 is 4.90 Å². The van der Waals surface area contributed by atoms with Crippen molar-refractivity contribution in [3.05, 3.63) is 15.8 Å². The largest absolute Gasteiger partial charge is 0.395 e. The van der Waals surface area contributed by atoms with Gasteiger partial charge >= 0.3 is 5.69 Å². The first kappa shape index (κ1) is 12.4. The molecule has 0 spiro atoms. The first-order chi connectivity index (χ1) is 7.52. The number of aliphatic hydroxyl groups excluding tert-OH is 1. The van der Waals surface area contributed by atoms with Gasteiger partial charge in [0.1, 0.15) is 5.69 Å². The highest BCUT2D eigenvalue weighted by molar-refractivity contribution is 5.61. The molecule has 0 fully saturated rings. The number of anilines is 1.